The topological polar surface area (TPSA) is 32.8 Å². The summed E-state index contributed by atoms with van der Waals surface area (Å²) in [6.07, 6.45) is 1.76. The van der Waals surface area contributed by atoms with Gasteiger partial charge in [0.2, 0.25) is 0 Å². The van der Waals surface area contributed by atoms with Crippen molar-refractivity contribution in [3.05, 3.63) is 62.6 Å². The predicted octanol–water partition coefficient (Wildman–Crippen LogP) is 5.60. The van der Waals surface area contributed by atoms with Crippen LogP contribution in [-0.2, 0) is 16.1 Å². The van der Waals surface area contributed by atoms with Crippen LogP contribution >= 0.6 is 23.2 Å². The number of nitrogens with zero attached hydrogens (tertiary/aromatic N) is 2. The van der Waals surface area contributed by atoms with E-state index in [2.05, 4.69) is 35.8 Å². The van der Waals surface area contributed by atoms with Crippen LogP contribution in [0.1, 0.15) is 41.0 Å². The standard InChI is InChI=1S/C25H30Cl2N2O2/c1-16-12-21(20-14-29(15-20)24-22(26)5-4-6-23(24)27)17(2)11-19(16)13-28-9-7-18(8-10-28)25(30)31-3/h4-6,11-12,18,20H,7-10,13-15H2,1-3H3. The van der Waals surface area contributed by atoms with E-state index in [0.717, 1.165) is 51.3 Å². The Bertz CT molecular complexity index is 944. The van der Waals surface area contributed by atoms with Crippen molar-refractivity contribution < 1.29 is 9.53 Å². The van der Waals surface area contributed by atoms with Gasteiger partial charge in [0.25, 0.3) is 0 Å². The average molecular weight is 461 g/mol. The number of benzene rings is 2. The van der Waals surface area contributed by atoms with Crippen molar-refractivity contribution >= 4 is 34.9 Å². The number of hydrogen-bond donors (Lipinski definition) is 0. The number of methoxy groups -OCH3 is 1. The molecule has 0 atom stereocenters. The minimum absolute atomic E-state index is 0.0552. The molecule has 0 unspecified atom stereocenters. The number of carbonyl (C=O) groups is 1. The van der Waals surface area contributed by atoms with Crippen LogP contribution in [0.25, 0.3) is 0 Å². The number of para-hydroxylation sites is 1. The first-order valence-corrected chi connectivity index (χ1v) is 11.7. The summed E-state index contributed by atoms with van der Waals surface area (Å²) in [4.78, 5) is 16.5. The van der Waals surface area contributed by atoms with Gasteiger partial charge in [-0.25, -0.2) is 0 Å². The Kier molecular flexibility index (Phi) is 6.80. The highest BCUT2D eigenvalue weighted by molar-refractivity contribution is 6.39. The molecule has 6 heteroatoms. The Labute approximate surface area is 195 Å². The molecule has 2 fully saturated rings. The molecule has 0 bridgehead atoms. The maximum Gasteiger partial charge on any atom is 0.308 e. The number of likely N-dealkylation sites (tertiary alicyclic amines) is 1. The molecule has 2 aromatic rings. The van der Waals surface area contributed by atoms with Crippen molar-refractivity contribution in [3.63, 3.8) is 0 Å². The van der Waals surface area contributed by atoms with Gasteiger partial charge < -0.3 is 9.64 Å². The third-order valence-corrected chi connectivity index (χ3v) is 7.43. The van der Waals surface area contributed by atoms with E-state index in [1.165, 1.54) is 29.4 Å². The van der Waals surface area contributed by atoms with Crippen molar-refractivity contribution in [3.8, 4) is 0 Å². The smallest absolute Gasteiger partial charge is 0.308 e. The van der Waals surface area contributed by atoms with Crippen LogP contribution in [0.5, 0.6) is 0 Å². The minimum Gasteiger partial charge on any atom is -0.469 e. The van der Waals surface area contributed by atoms with Crippen LogP contribution in [0, 0.1) is 19.8 Å². The lowest BCUT2D eigenvalue weighted by Gasteiger charge is -2.43. The molecule has 166 valence electrons. The van der Waals surface area contributed by atoms with Gasteiger partial charge in [-0.1, -0.05) is 41.4 Å². The van der Waals surface area contributed by atoms with Gasteiger partial charge in [0.05, 0.1) is 28.8 Å². The Hall–Kier alpha value is -1.75. The predicted molar refractivity (Wildman–Crippen MR) is 127 cm³/mol. The maximum atomic E-state index is 11.8. The second-order valence-corrected chi connectivity index (χ2v) is 9.70. The zero-order chi connectivity index (χ0) is 22.1. The van der Waals surface area contributed by atoms with E-state index in [1.54, 1.807) is 0 Å². The van der Waals surface area contributed by atoms with E-state index in [9.17, 15) is 4.79 Å². The molecule has 4 rings (SSSR count). The van der Waals surface area contributed by atoms with Crippen molar-refractivity contribution in [1.29, 1.82) is 0 Å². The highest BCUT2D eigenvalue weighted by Crippen LogP contribution is 2.41. The molecule has 0 N–H and O–H groups in total. The normalized spacial score (nSPS) is 18.2. The van der Waals surface area contributed by atoms with Crippen molar-refractivity contribution in [2.75, 3.05) is 38.2 Å². The van der Waals surface area contributed by atoms with Crippen LogP contribution in [0.2, 0.25) is 10.0 Å². The summed E-state index contributed by atoms with van der Waals surface area (Å²) in [6.45, 7) is 9.11. The van der Waals surface area contributed by atoms with E-state index >= 15 is 0 Å². The first kappa shape index (κ1) is 22.4. The molecular formula is C25H30Cl2N2O2. The maximum absolute atomic E-state index is 11.8. The first-order valence-electron chi connectivity index (χ1n) is 11.0. The molecule has 0 amide bonds. The molecule has 2 aliphatic rings. The fourth-order valence-electron chi connectivity index (χ4n) is 4.89. The van der Waals surface area contributed by atoms with Crippen LogP contribution in [0.15, 0.2) is 30.3 Å². The van der Waals surface area contributed by atoms with Gasteiger partial charge in [0.1, 0.15) is 0 Å². The number of rotatable bonds is 5. The molecule has 0 spiro atoms. The molecule has 0 saturated carbocycles. The Morgan fingerprint density at radius 2 is 1.71 bits per heavy atom. The summed E-state index contributed by atoms with van der Waals surface area (Å²) in [5.41, 5.74) is 6.43. The lowest BCUT2D eigenvalue weighted by molar-refractivity contribution is -0.147. The van der Waals surface area contributed by atoms with Gasteiger partial charge in [-0.2, -0.15) is 0 Å². The zero-order valence-corrected chi connectivity index (χ0v) is 20.0. The number of ether oxygens (including phenoxy) is 1. The molecule has 0 radical (unpaired) electrons. The van der Waals surface area contributed by atoms with E-state index < -0.39 is 0 Å². The number of piperidine rings is 1. The van der Waals surface area contributed by atoms with Gasteiger partial charge >= 0.3 is 5.97 Å². The molecule has 2 aromatic carbocycles. The summed E-state index contributed by atoms with van der Waals surface area (Å²) in [5, 5.41) is 1.43. The fourth-order valence-corrected chi connectivity index (χ4v) is 5.53. The quantitative estimate of drug-likeness (QED) is 0.543. The summed E-state index contributed by atoms with van der Waals surface area (Å²) in [5.74, 6) is 0.485. The fraction of sp³-hybridized carbons (Fsp3) is 0.480. The van der Waals surface area contributed by atoms with Gasteiger partial charge in [-0.05, 0) is 74.2 Å². The van der Waals surface area contributed by atoms with Crippen LogP contribution < -0.4 is 4.90 Å². The Morgan fingerprint density at radius 3 is 2.32 bits per heavy atom. The average Bonchev–Trinajstić information content (AvgIpc) is 2.72. The summed E-state index contributed by atoms with van der Waals surface area (Å²) in [7, 11) is 1.48. The van der Waals surface area contributed by atoms with Gasteiger partial charge in [0, 0.05) is 25.6 Å². The van der Waals surface area contributed by atoms with Crippen molar-refractivity contribution in [2.45, 2.75) is 39.2 Å². The zero-order valence-electron chi connectivity index (χ0n) is 18.5. The summed E-state index contributed by atoms with van der Waals surface area (Å²) in [6, 6.07) is 10.4. The lowest BCUT2D eigenvalue weighted by atomic mass is 9.85. The molecule has 4 nitrogen and oxygen atoms in total. The molecule has 0 aliphatic carbocycles. The second kappa shape index (κ2) is 9.40. The van der Waals surface area contributed by atoms with Crippen LogP contribution in [0.4, 0.5) is 5.69 Å². The SMILES string of the molecule is COC(=O)C1CCN(Cc2cc(C)c(C3CN(c4c(Cl)cccc4Cl)C3)cc2C)CC1. The molecule has 2 aliphatic heterocycles. The number of aryl methyl sites for hydroxylation is 2. The van der Waals surface area contributed by atoms with E-state index in [-0.39, 0.29) is 11.9 Å². The molecule has 2 heterocycles. The van der Waals surface area contributed by atoms with Crippen LogP contribution in [0.3, 0.4) is 0 Å². The van der Waals surface area contributed by atoms with Gasteiger partial charge in [0.15, 0.2) is 0 Å². The monoisotopic (exact) mass is 460 g/mol. The molecule has 2 saturated heterocycles. The highest BCUT2D eigenvalue weighted by atomic mass is 35.5. The van der Waals surface area contributed by atoms with E-state index in [0.29, 0.717) is 16.0 Å². The number of carbonyl (C=O) groups excluding carboxylic acids is 1. The highest BCUT2D eigenvalue weighted by Gasteiger charge is 2.32. The third-order valence-electron chi connectivity index (χ3n) is 6.82. The Balaban J connectivity index is 1.39. The summed E-state index contributed by atoms with van der Waals surface area (Å²) < 4.78 is 4.90. The third kappa shape index (κ3) is 4.72. The van der Waals surface area contributed by atoms with Crippen LogP contribution in [-0.4, -0.2) is 44.2 Å². The minimum atomic E-state index is -0.0661. The van der Waals surface area contributed by atoms with E-state index in [1.807, 2.05) is 18.2 Å². The number of halogens is 2. The van der Waals surface area contributed by atoms with Gasteiger partial charge in [-0.15, -0.1) is 0 Å². The number of anilines is 1. The summed E-state index contributed by atoms with van der Waals surface area (Å²) >= 11 is 12.8. The lowest BCUT2D eigenvalue weighted by Crippen LogP contribution is -2.45. The molecule has 0 aromatic heterocycles. The number of esters is 1. The second-order valence-electron chi connectivity index (χ2n) is 8.88. The van der Waals surface area contributed by atoms with Crippen molar-refractivity contribution in [1.82, 2.24) is 4.90 Å². The largest absolute Gasteiger partial charge is 0.469 e. The van der Waals surface area contributed by atoms with Crippen molar-refractivity contribution in [2.24, 2.45) is 5.92 Å². The number of hydrogen-bond acceptors (Lipinski definition) is 4. The first-order chi connectivity index (χ1) is 14.9. The van der Waals surface area contributed by atoms with Gasteiger partial charge in [-0.3, -0.25) is 9.69 Å². The van der Waals surface area contributed by atoms with E-state index in [4.69, 9.17) is 27.9 Å². The molecular weight excluding hydrogens is 431 g/mol. The Morgan fingerprint density at radius 1 is 1.06 bits per heavy atom. The molecule has 31 heavy (non-hydrogen) atoms.